The first-order chi connectivity index (χ1) is 7.72. The molecule has 0 aliphatic carbocycles. The predicted octanol–water partition coefficient (Wildman–Crippen LogP) is 3.41. The highest BCUT2D eigenvalue weighted by atomic mass is 79.9. The van der Waals surface area contributed by atoms with E-state index >= 15 is 0 Å². The lowest BCUT2D eigenvalue weighted by atomic mass is 10.1. The van der Waals surface area contributed by atoms with Gasteiger partial charge in [0.1, 0.15) is 0 Å². The molecule has 0 radical (unpaired) electrons. The number of alkyl halides is 1. The Morgan fingerprint density at radius 3 is 3.00 bits per heavy atom. The highest BCUT2D eigenvalue weighted by molar-refractivity contribution is 9.10. The van der Waals surface area contributed by atoms with Crippen molar-refractivity contribution in [1.82, 2.24) is 0 Å². The zero-order valence-corrected chi connectivity index (χ0v) is 11.6. The molecule has 1 unspecified atom stereocenters. The van der Waals surface area contributed by atoms with Crippen molar-refractivity contribution < 1.29 is 4.74 Å². The van der Waals surface area contributed by atoms with Gasteiger partial charge in [-0.05, 0) is 30.2 Å². The zero-order chi connectivity index (χ0) is 11.5. The van der Waals surface area contributed by atoms with Crippen LogP contribution in [0.2, 0.25) is 0 Å². The van der Waals surface area contributed by atoms with Gasteiger partial charge in [-0.15, -0.1) is 11.6 Å². The van der Waals surface area contributed by atoms with Gasteiger partial charge in [-0.2, -0.15) is 0 Å². The largest absolute Gasteiger partial charge is 0.379 e. The van der Waals surface area contributed by atoms with Crippen LogP contribution in [0.3, 0.4) is 0 Å². The second kappa shape index (κ2) is 5.39. The van der Waals surface area contributed by atoms with Crippen LogP contribution in [-0.4, -0.2) is 26.3 Å². The van der Waals surface area contributed by atoms with Crippen molar-refractivity contribution in [2.24, 2.45) is 0 Å². The van der Waals surface area contributed by atoms with Crippen molar-refractivity contribution in [3.63, 3.8) is 0 Å². The van der Waals surface area contributed by atoms with Crippen LogP contribution in [0.5, 0.6) is 0 Å². The van der Waals surface area contributed by atoms with Crippen LogP contribution in [0.1, 0.15) is 12.0 Å². The van der Waals surface area contributed by atoms with Crippen molar-refractivity contribution in [2.75, 3.05) is 25.2 Å². The Hall–Kier alpha value is -0.250. The molecule has 16 heavy (non-hydrogen) atoms. The molecule has 1 fully saturated rings. The summed E-state index contributed by atoms with van der Waals surface area (Å²) in [5.41, 5.74) is 2.36. The topological polar surface area (TPSA) is 12.5 Å². The Balaban J connectivity index is 2.24. The van der Waals surface area contributed by atoms with Crippen molar-refractivity contribution in [3.05, 3.63) is 28.2 Å². The van der Waals surface area contributed by atoms with Crippen LogP contribution in [0, 0.1) is 0 Å². The number of halogens is 2. The molecule has 1 aromatic carbocycles. The number of nitrogens with zero attached hydrogens (tertiary/aromatic N) is 1. The van der Waals surface area contributed by atoms with E-state index in [0.717, 1.165) is 29.7 Å². The molecule has 1 aromatic rings. The van der Waals surface area contributed by atoms with Gasteiger partial charge in [-0.25, -0.2) is 0 Å². The summed E-state index contributed by atoms with van der Waals surface area (Å²) in [6, 6.07) is 6.72. The molecule has 0 saturated carbocycles. The summed E-state index contributed by atoms with van der Waals surface area (Å²) in [6.45, 7) is 1.68. The molecule has 2 rings (SSSR count). The lowest BCUT2D eigenvalue weighted by Gasteiger charge is -2.27. The molecule has 88 valence electrons. The molecular weight excluding hydrogens is 289 g/mol. The lowest BCUT2D eigenvalue weighted by molar-refractivity contribution is 0.193. The minimum atomic E-state index is 0.475. The van der Waals surface area contributed by atoms with Crippen molar-refractivity contribution >= 4 is 33.2 Å². The number of hydrogen-bond acceptors (Lipinski definition) is 2. The molecular formula is C12H15BrClNO. The fraction of sp³-hybridized carbons (Fsp3) is 0.500. The van der Waals surface area contributed by atoms with E-state index in [1.54, 1.807) is 0 Å². The van der Waals surface area contributed by atoms with Gasteiger partial charge in [-0.1, -0.05) is 15.9 Å². The Labute approximate surface area is 110 Å². The third kappa shape index (κ3) is 2.53. The second-order valence-electron chi connectivity index (χ2n) is 4.03. The van der Waals surface area contributed by atoms with Crippen molar-refractivity contribution in [3.8, 4) is 0 Å². The van der Waals surface area contributed by atoms with E-state index in [9.17, 15) is 0 Å². The maximum Gasteiger partial charge on any atom is 0.0670 e. The standard InChI is InChI=1S/C12H15BrClNO/c1-15(11-4-5-16-8-11)12-3-2-10(13)6-9(12)7-14/h2-3,6,11H,4-5,7-8H2,1H3. The molecule has 0 bridgehead atoms. The average molecular weight is 305 g/mol. The van der Waals surface area contributed by atoms with Crippen molar-refractivity contribution in [1.29, 1.82) is 0 Å². The normalized spacial score (nSPS) is 20.1. The minimum Gasteiger partial charge on any atom is -0.379 e. The van der Waals surface area contributed by atoms with Crippen molar-refractivity contribution in [2.45, 2.75) is 18.3 Å². The number of rotatable bonds is 3. The molecule has 4 heteroatoms. The second-order valence-corrected chi connectivity index (χ2v) is 5.22. The smallest absolute Gasteiger partial charge is 0.0670 e. The van der Waals surface area contributed by atoms with Crippen LogP contribution >= 0.6 is 27.5 Å². The van der Waals surface area contributed by atoms with E-state index in [4.69, 9.17) is 16.3 Å². The van der Waals surface area contributed by atoms with E-state index in [2.05, 4.69) is 46.1 Å². The summed E-state index contributed by atoms with van der Waals surface area (Å²) < 4.78 is 6.49. The first-order valence-electron chi connectivity index (χ1n) is 5.37. The number of ether oxygens (including phenoxy) is 1. The fourth-order valence-corrected chi connectivity index (χ4v) is 2.65. The van der Waals surface area contributed by atoms with Gasteiger partial charge in [0.2, 0.25) is 0 Å². The third-order valence-corrected chi connectivity index (χ3v) is 3.80. The summed E-state index contributed by atoms with van der Waals surface area (Å²) in [7, 11) is 2.11. The molecule has 1 saturated heterocycles. The summed E-state index contributed by atoms with van der Waals surface area (Å²) in [5, 5.41) is 0. The zero-order valence-electron chi connectivity index (χ0n) is 9.25. The molecule has 1 heterocycles. The number of anilines is 1. The number of likely N-dealkylation sites (N-methyl/N-ethyl adjacent to an activating group) is 1. The maximum absolute atomic E-state index is 5.98. The molecule has 0 spiro atoms. The summed E-state index contributed by atoms with van der Waals surface area (Å²) in [5.74, 6) is 0.534. The Kier molecular flexibility index (Phi) is 4.11. The van der Waals surface area contributed by atoms with E-state index in [1.165, 1.54) is 5.69 Å². The molecule has 0 aromatic heterocycles. The first kappa shape index (κ1) is 12.2. The number of benzene rings is 1. The van der Waals surface area contributed by atoms with E-state index in [-0.39, 0.29) is 0 Å². The number of hydrogen-bond donors (Lipinski definition) is 0. The average Bonchev–Trinajstić information content (AvgIpc) is 2.81. The highest BCUT2D eigenvalue weighted by Crippen LogP contribution is 2.28. The summed E-state index contributed by atoms with van der Waals surface area (Å²) in [6.07, 6.45) is 1.09. The Bertz CT molecular complexity index is 366. The first-order valence-corrected chi connectivity index (χ1v) is 6.70. The molecule has 2 nitrogen and oxygen atoms in total. The van der Waals surface area contributed by atoms with E-state index < -0.39 is 0 Å². The maximum atomic E-state index is 5.98. The van der Waals surface area contributed by atoms with Crippen LogP contribution in [0.25, 0.3) is 0 Å². The monoisotopic (exact) mass is 303 g/mol. The quantitative estimate of drug-likeness (QED) is 0.794. The molecule has 0 N–H and O–H groups in total. The Morgan fingerprint density at radius 2 is 2.38 bits per heavy atom. The van der Waals surface area contributed by atoms with Crippen LogP contribution < -0.4 is 4.90 Å². The lowest BCUT2D eigenvalue weighted by Crippen LogP contribution is -2.32. The van der Waals surface area contributed by atoms with Crippen LogP contribution in [-0.2, 0) is 10.6 Å². The van der Waals surface area contributed by atoms with E-state index in [0.29, 0.717) is 11.9 Å². The van der Waals surface area contributed by atoms with Gasteiger partial charge in [0, 0.05) is 29.7 Å². The molecule has 1 atom stereocenters. The fourth-order valence-electron chi connectivity index (χ4n) is 2.03. The van der Waals surface area contributed by atoms with Gasteiger partial charge in [-0.3, -0.25) is 0 Å². The molecule has 1 aliphatic rings. The van der Waals surface area contributed by atoms with Gasteiger partial charge in [0.05, 0.1) is 12.6 Å². The van der Waals surface area contributed by atoms with Gasteiger partial charge >= 0.3 is 0 Å². The SMILES string of the molecule is CN(c1ccc(Br)cc1CCl)C1CCOC1. The molecule has 1 aliphatic heterocycles. The Morgan fingerprint density at radius 1 is 1.56 bits per heavy atom. The summed E-state index contributed by atoms with van der Waals surface area (Å²) >= 11 is 9.44. The van der Waals surface area contributed by atoms with Crippen LogP contribution in [0.4, 0.5) is 5.69 Å². The predicted molar refractivity (Wildman–Crippen MR) is 71.3 cm³/mol. The highest BCUT2D eigenvalue weighted by Gasteiger charge is 2.21. The van der Waals surface area contributed by atoms with E-state index in [1.807, 2.05) is 0 Å². The summed E-state index contributed by atoms with van der Waals surface area (Å²) in [4.78, 5) is 2.27. The van der Waals surface area contributed by atoms with Gasteiger partial charge < -0.3 is 9.64 Å². The van der Waals surface area contributed by atoms with Crippen LogP contribution in [0.15, 0.2) is 22.7 Å². The minimum absolute atomic E-state index is 0.475. The van der Waals surface area contributed by atoms with Gasteiger partial charge in [0.15, 0.2) is 0 Å². The third-order valence-electron chi connectivity index (χ3n) is 3.02. The molecule has 0 amide bonds. The van der Waals surface area contributed by atoms with Gasteiger partial charge in [0.25, 0.3) is 0 Å².